The molecule has 0 amide bonds. The lowest BCUT2D eigenvalue weighted by Gasteiger charge is -2.49. The van der Waals surface area contributed by atoms with Crippen LogP contribution >= 0.6 is 0 Å². The molecule has 0 aromatic carbocycles. The van der Waals surface area contributed by atoms with E-state index in [4.69, 9.17) is 4.84 Å². The molecule has 3 rings (SSSR count). The summed E-state index contributed by atoms with van der Waals surface area (Å²) < 4.78 is 0. The Bertz CT molecular complexity index is 587. The number of hydrogen-bond acceptors (Lipinski definition) is 4. The van der Waals surface area contributed by atoms with Crippen LogP contribution in [-0.4, -0.2) is 35.2 Å². The lowest BCUT2D eigenvalue weighted by Crippen LogP contribution is -2.56. The Balaban J connectivity index is 2.01. The van der Waals surface area contributed by atoms with E-state index in [1.807, 2.05) is 26.8 Å². The number of fused-ring (bicyclic) bond motifs is 2. The highest BCUT2D eigenvalue weighted by molar-refractivity contribution is 5.88. The Morgan fingerprint density at radius 2 is 1.88 bits per heavy atom. The van der Waals surface area contributed by atoms with Crippen LogP contribution in [-0.2, 0) is 14.4 Å². The standard InChI is InChI=1S/C20H31NO4/c1-5-19-10-9-14(13-19)20(17(23)24,18(2,3)4)15(19)16(22)25-21-11-7-6-8-12-21/h9-10,14-15H,5-8,11-13H2,1-4H3,(H,23,24). The zero-order valence-corrected chi connectivity index (χ0v) is 15.9. The first-order valence-electron chi connectivity index (χ1n) is 9.58. The zero-order chi connectivity index (χ0) is 18.5. The number of rotatable bonds is 4. The smallest absolute Gasteiger partial charge is 0.330 e. The molecule has 2 aliphatic carbocycles. The first-order valence-corrected chi connectivity index (χ1v) is 9.58. The van der Waals surface area contributed by atoms with Crippen molar-refractivity contribution in [1.29, 1.82) is 0 Å². The monoisotopic (exact) mass is 349 g/mol. The van der Waals surface area contributed by atoms with Gasteiger partial charge in [0.05, 0.1) is 11.3 Å². The summed E-state index contributed by atoms with van der Waals surface area (Å²) in [5, 5.41) is 12.0. The number of piperidine rings is 1. The maximum absolute atomic E-state index is 13.3. The minimum Gasteiger partial charge on any atom is -0.481 e. The van der Waals surface area contributed by atoms with Gasteiger partial charge in [-0.1, -0.05) is 46.3 Å². The third kappa shape index (κ3) is 2.54. The quantitative estimate of drug-likeness (QED) is 0.785. The summed E-state index contributed by atoms with van der Waals surface area (Å²) in [7, 11) is 0. The third-order valence-electron chi connectivity index (χ3n) is 6.90. The molecule has 0 spiro atoms. The first-order chi connectivity index (χ1) is 11.7. The summed E-state index contributed by atoms with van der Waals surface area (Å²) in [5.74, 6) is -1.98. The van der Waals surface area contributed by atoms with Gasteiger partial charge in [-0.3, -0.25) is 4.79 Å². The lowest BCUT2D eigenvalue weighted by molar-refractivity contribution is -0.214. The fraction of sp³-hybridized carbons (Fsp3) is 0.800. The number of carboxylic acids is 1. The third-order valence-corrected chi connectivity index (χ3v) is 6.90. The minimum absolute atomic E-state index is 0.121. The van der Waals surface area contributed by atoms with Crippen LogP contribution in [0.3, 0.4) is 0 Å². The highest BCUT2D eigenvalue weighted by Gasteiger charge is 2.73. The summed E-state index contributed by atoms with van der Waals surface area (Å²) in [6.45, 7) is 9.37. The number of nitrogens with zero attached hydrogens (tertiary/aromatic N) is 1. The number of allylic oxidation sites excluding steroid dienone is 2. The number of aliphatic carboxylic acids is 1. The molecule has 140 valence electrons. The van der Waals surface area contributed by atoms with Gasteiger partial charge >= 0.3 is 11.9 Å². The number of carbonyl (C=O) groups excluding carboxylic acids is 1. The molecule has 1 aliphatic heterocycles. The van der Waals surface area contributed by atoms with Crippen molar-refractivity contribution in [3.63, 3.8) is 0 Å². The van der Waals surface area contributed by atoms with Gasteiger partial charge in [0, 0.05) is 18.5 Å². The van der Waals surface area contributed by atoms with E-state index in [2.05, 4.69) is 13.0 Å². The van der Waals surface area contributed by atoms with Crippen LogP contribution in [0, 0.1) is 28.1 Å². The second-order valence-electron chi connectivity index (χ2n) is 9.01. The molecule has 1 saturated heterocycles. The molecule has 5 heteroatoms. The molecule has 2 bridgehead atoms. The maximum Gasteiger partial charge on any atom is 0.330 e. The highest BCUT2D eigenvalue weighted by Crippen LogP contribution is 2.70. The van der Waals surface area contributed by atoms with Crippen LogP contribution in [0.1, 0.15) is 59.8 Å². The largest absolute Gasteiger partial charge is 0.481 e. The molecule has 0 aromatic heterocycles. The van der Waals surface area contributed by atoms with Gasteiger partial charge in [-0.2, -0.15) is 0 Å². The Labute approximate surface area is 150 Å². The summed E-state index contributed by atoms with van der Waals surface area (Å²) in [6, 6.07) is 0. The Morgan fingerprint density at radius 1 is 1.24 bits per heavy atom. The summed E-state index contributed by atoms with van der Waals surface area (Å²) in [6.07, 6.45) is 8.80. The molecule has 0 radical (unpaired) electrons. The molecule has 1 N–H and O–H groups in total. The van der Waals surface area contributed by atoms with Gasteiger partial charge in [0.2, 0.25) is 0 Å². The average Bonchev–Trinajstić information content (AvgIpc) is 3.10. The average molecular weight is 349 g/mol. The van der Waals surface area contributed by atoms with Crippen LogP contribution in [0.4, 0.5) is 0 Å². The van der Waals surface area contributed by atoms with Crippen LogP contribution < -0.4 is 0 Å². The molecule has 1 heterocycles. The van der Waals surface area contributed by atoms with E-state index >= 15 is 0 Å². The molecular weight excluding hydrogens is 318 g/mol. The molecule has 3 aliphatic rings. The Hall–Kier alpha value is -1.36. The van der Waals surface area contributed by atoms with Gasteiger partial charge in [-0.05, 0) is 37.0 Å². The molecule has 4 atom stereocenters. The van der Waals surface area contributed by atoms with Gasteiger partial charge in [-0.25, -0.2) is 4.79 Å². The van der Waals surface area contributed by atoms with E-state index in [0.29, 0.717) is 0 Å². The second-order valence-corrected chi connectivity index (χ2v) is 9.01. The van der Waals surface area contributed by atoms with Crippen molar-refractivity contribution in [2.45, 2.75) is 59.8 Å². The second kappa shape index (κ2) is 6.11. The molecule has 0 aromatic rings. The van der Waals surface area contributed by atoms with Crippen LogP contribution in [0.2, 0.25) is 0 Å². The van der Waals surface area contributed by atoms with E-state index < -0.39 is 28.1 Å². The highest BCUT2D eigenvalue weighted by atomic mass is 16.7. The molecule has 1 saturated carbocycles. The lowest BCUT2D eigenvalue weighted by atomic mass is 9.53. The minimum atomic E-state index is -1.12. The zero-order valence-electron chi connectivity index (χ0n) is 15.9. The summed E-state index contributed by atoms with van der Waals surface area (Å²) in [5.41, 5.74) is -2.06. The normalized spacial score (nSPS) is 38.1. The molecule has 5 nitrogen and oxygen atoms in total. The van der Waals surface area contributed by atoms with Crippen molar-refractivity contribution in [2.75, 3.05) is 13.1 Å². The fourth-order valence-corrected chi connectivity index (χ4v) is 5.66. The topological polar surface area (TPSA) is 66.8 Å². The van der Waals surface area contributed by atoms with Crippen molar-refractivity contribution < 1.29 is 19.5 Å². The van der Waals surface area contributed by atoms with Crippen molar-refractivity contribution >= 4 is 11.9 Å². The van der Waals surface area contributed by atoms with Gasteiger partial charge in [-0.15, -0.1) is 5.06 Å². The Morgan fingerprint density at radius 3 is 2.40 bits per heavy atom. The number of carbonyl (C=O) groups is 2. The van der Waals surface area contributed by atoms with Crippen LogP contribution in [0.5, 0.6) is 0 Å². The fourth-order valence-electron chi connectivity index (χ4n) is 5.66. The predicted octanol–water partition coefficient (Wildman–Crippen LogP) is 3.65. The van der Waals surface area contributed by atoms with E-state index in [1.165, 1.54) is 0 Å². The van der Waals surface area contributed by atoms with E-state index in [9.17, 15) is 14.7 Å². The molecule has 4 unspecified atom stereocenters. The number of hydroxylamine groups is 2. The van der Waals surface area contributed by atoms with E-state index in [-0.39, 0.29) is 11.9 Å². The molecule has 2 fully saturated rings. The predicted molar refractivity (Wildman–Crippen MR) is 94.5 cm³/mol. The van der Waals surface area contributed by atoms with Gasteiger partial charge < -0.3 is 9.94 Å². The van der Waals surface area contributed by atoms with Crippen molar-refractivity contribution in [3.8, 4) is 0 Å². The van der Waals surface area contributed by atoms with E-state index in [1.54, 1.807) is 5.06 Å². The van der Waals surface area contributed by atoms with Crippen molar-refractivity contribution in [1.82, 2.24) is 5.06 Å². The van der Waals surface area contributed by atoms with Crippen molar-refractivity contribution in [3.05, 3.63) is 12.2 Å². The van der Waals surface area contributed by atoms with E-state index in [0.717, 1.165) is 45.2 Å². The van der Waals surface area contributed by atoms with Gasteiger partial charge in [0.15, 0.2) is 0 Å². The van der Waals surface area contributed by atoms with Gasteiger partial charge in [0.1, 0.15) is 0 Å². The molecule has 25 heavy (non-hydrogen) atoms. The van der Waals surface area contributed by atoms with Crippen LogP contribution in [0.15, 0.2) is 12.2 Å². The maximum atomic E-state index is 13.3. The van der Waals surface area contributed by atoms with Crippen LogP contribution in [0.25, 0.3) is 0 Å². The molecular formula is C20H31NO4. The number of hydrogen-bond donors (Lipinski definition) is 1. The summed E-state index contributed by atoms with van der Waals surface area (Å²) >= 11 is 0. The number of carboxylic acid groups (broad SMARTS) is 1. The van der Waals surface area contributed by atoms with Crippen molar-refractivity contribution in [2.24, 2.45) is 28.1 Å². The Kier molecular flexibility index (Phi) is 4.51. The first kappa shape index (κ1) is 18.4. The SMILES string of the molecule is CCC12C=CC(C1)C(C(=O)O)(C(C)(C)C)C2C(=O)ON1CCCCC1. The van der Waals surface area contributed by atoms with Gasteiger partial charge in [0.25, 0.3) is 0 Å². The summed E-state index contributed by atoms with van der Waals surface area (Å²) in [4.78, 5) is 31.6.